The number of rotatable bonds is 6. The highest BCUT2D eigenvalue weighted by molar-refractivity contribution is 7.61. The van der Waals surface area contributed by atoms with Gasteiger partial charge in [0.15, 0.2) is 0 Å². The van der Waals surface area contributed by atoms with Gasteiger partial charge in [-0.2, -0.15) is 0 Å². The first-order chi connectivity index (χ1) is 8.07. The molecule has 0 atom stereocenters. The van der Waals surface area contributed by atoms with Crippen molar-refractivity contribution in [3.05, 3.63) is 17.8 Å². The Kier molecular flexibility index (Phi) is 4.93. The summed E-state index contributed by atoms with van der Waals surface area (Å²) in [5.74, 6) is -0.532. The summed E-state index contributed by atoms with van der Waals surface area (Å²) in [7, 11) is -2.09. The minimum atomic E-state index is -3.36. The van der Waals surface area contributed by atoms with Gasteiger partial charge in [0, 0.05) is 0 Å². The summed E-state index contributed by atoms with van der Waals surface area (Å²) >= 11 is 0. The maximum absolute atomic E-state index is 12.3. The summed E-state index contributed by atoms with van der Waals surface area (Å²) in [6, 6.07) is 2.98. The molecule has 0 amide bonds. The average molecular weight is 261 g/mol. The third-order valence-electron chi connectivity index (χ3n) is 1.97. The molecule has 1 heterocycles. The second kappa shape index (κ2) is 6.00. The number of hydrogen-bond donors (Lipinski definition) is 1. The minimum absolute atomic E-state index is 0.210. The van der Waals surface area contributed by atoms with E-state index in [1.807, 2.05) is 0 Å². The number of H-pyrrole nitrogens is 1. The SMILES string of the molecule is CCOP(=O)(OCC)c1ccc(C(=O)OC)[nH]1. The van der Waals surface area contributed by atoms with E-state index in [9.17, 15) is 9.36 Å². The van der Waals surface area contributed by atoms with Crippen molar-refractivity contribution in [2.24, 2.45) is 0 Å². The van der Waals surface area contributed by atoms with Gasteiger partial charge in [-0.25, -0.2) is 4.79 Å². The first kappa shape index (κ1) is 14.0. The molecule has 0 bridgehead atoms. The number of carbonyl (C=O) groups excluding carboxylic acids is 1. The quantitative estimate of drug-likeness (QED) is 0.622. The fourth-order valence-corrected chi connectivity index (χ4v) is 2.84. The second-order valence-electron chi connectivity index (χ2n) is 3.08. The van der Waals surface area contributed by atoms with Gasteiger partial charge >= 0.3 is 13.6 Å². The van der Waals surface area contributed by atoms with Crippen LogP contribution in [0.4, 0.5) is 0 Å². The lowest BCUT2D eigenvalue weighted by Gasteiger charge is -2.15. The number of aromatic nitrogens is 1. The molecule has 0 fully saturated rings. The van der Waals surface area contributed by atoms with Gasteiger partial charge in [-0.1, -0.05) is 0 Å². The fourth-order valence-electron chi connectivity index (χ4n) is 1.29. The summed E-state index contributed by atoms with van der Waals surface area (Å²) in [6.45, 7) is 3.94. The van der Waals surface area contributed by atoms with E-state index in [1.165, 1.54) is 19.2 Å². The number of ether oxygens (including phenoxy) is 1. The molecule has 1 rings (SSSR count). The van der Waals surface area contributed by atoms with Crippen LogP contribution in [0.1, 0.15) is 24.3 Å². The molecule has 0 aliphatic carbocycles. The zero-order valence-corrected chi connectivity index (χ0v) is 11.0. The van der Waals surface area contributed by atoms with Gasteiger partial charge in [0.05, 0.1) is 20.3 Å². The molecule has 0 saturated heterocycles. The first-order valence-electron chi connectivity index (χ1n) is 5.24. The molecular weight excluding hydrogens is 245 g/mol. The zero-order valence-electron chi connectivity index (χ0n) is 10.1. The molecule has 1 N–H and O–H groups in total. The van der Waals surface area contributed by atoms with Gasteiger partial charge in [0.1, 0.15) is 11.1 Å². The summed E-state index contributed by atoms with van der Waals surface area (Å²) in [5, 5.41) is 0. The highest BCUT2D eigenvalue weighted by Crippen LogP contribution is 2.46. The van der Waals surface area contributed by atoms with E-state index >= 15 is 0 Å². The predicted molar refractivity (Wildman–Crippen MR) is 62.6 cm³/mol. The second-order valence-corrected chi connectivity index (χ2v) is 5.07. The maximum Gasteiger partial charge on any atom is 0.377 e. The summed E-state index contributed by atoms with van der Waals surface area (Å²) in [4.78, 5) is 13.9. The lowest BCUT2D eigenvalue weighted by Crippen LogP contribution is -2.13. The number of methoxy groups -OCH3 is 1. The summed E-state index contributed by atoms with van der Waals surface area (Å²) in [5.41, 5.74) is 0.462. The van der Waals surface area contributed by atoms with Crippen molar-refractivity contribution in [1.29, 1.82) is 0 Å². The molecule has 7 heteroatoms. The standard InChI is InChI=1S/C10H16NO5P/c1-4-15-17(13,16-5-2)9-7-6-8(11-9)10(12)14-3/h6-7,11H,4-5H2,1-3H3. The topological polar surface area (TPSA) is 77.6 Å². The van der Waals surface area contributed by atoms with Crippen molar-refractivity contribution in [2.75, 3.05) is 20.3 Å². The predicted octanol–water partition coefficient (Wildman–Crippen LogP) is 1.69. The number of esters is 1. The minimum Gasteiger partial charge on any atom is -0.464 e. The zero-order chi connectivity index (χ0) is 12.9. The smallest absolute Gasteiger partial charge is 0.377 e. The Morgan fingerprint density at radius 2 is 1.88 bits per heavy atom. The van der Waals surface area contributed by atoms with Crippen molar-refractivity contribution in [2.45, 2.75) is 13.8 Å². The Bertz CT molecular complexity index is 418. The highest BCUT2D eigenvalue weighted by atomic mass is 31.2. The number of aromatic amines is 1. The van der Waals surface area contributed by atoms with Gasteiger partial charge < -0.3 is 18.8 Å². The number of hydrogen-bond acceptors (Lipinski definition) is 5. The van der Waals surface area contributed by atoms with Crippen LogP contribution >= 0.6 is 7.60 Å². The molecule has 0 radical (unpaired) electrons. The van der Waals surface area contributed by atoms with Gasteiger partial charge in [-0.05, 0) is 26.0 Å². The molecular formula is C10H16NO5P. The van der Waals surface area contributed by atoms with Crippen LogP contribution in [0.15, 0.2) is 12.1 Å². The van der Waals surface area contributed by atoms with Crippen molar-refractivity contribution in [3.63, 3.8) is 0 Å². The van der Waals surface area contributed by atoms with E-state index in [0.717, 1.165) is 0 Å². The summed E-state index contributed by atoms with van der Waals surface area (Å²) in [6.07, 6.45) is 0. The van der Waals surface area contributed by atoms with E-state index < -0.39 is 13.6 Å². The van der Waals surface area contributed by atoms with E-state index in [0.29, 0.717) is 0 Å². The Morgan fingerprint density at radius 3 is 2.35 bits per heavy atom. The largest absolute Gasteiger partial charge is 0.464 e. The van der Waals surface area contributed by atoms with Crippen LogP contribution < -0.4 is 5.44 Å². The highest BCUT2D eigenvalue weighted by Gasteiger charge is 2.29. The molecule has 96 valence electrons. The third kappa shape index (κ3) is 3.19. The van der Waals surface area contributed by atoms with Gasteiger partial charge in [0.25, 0.3) is 0 Å². The Labute approximate surface area is 99.8 Å². The van der Waals surface area contributed by atoms with Crippen LogP contribution in [0.3, 0.4) is 0 Å². The van der Waals surface area contributed by atoms with E-state index in [-0.39, 0.29) is 24.3 Å². The molecule has 17 heavy (non-hydrogen) atoms. The van der Waals surface area contributed by atoms with Crippen LogP contribution in [0.25, 0.3) is 0 Å². The average Bonchev–Trinajstić information content (AvgIpc) is 2.78. The van der Waals surface area contributed by atoms with Crippen LogP contribution in [0.2, 0.25) is 0 Å². The monoisotopic (exact) mass is 261 g/mol. The van der Waals surface area contributed by atoms with Crippen molar-refractivity contribution in [1.82, 2.24) is 4.98 Å². The molecule has 0 unspecified atom stereocenters. The molecule has 0 aliphatic rings. The summed E-state index contributed by atoms with van der Waals surface area (Å²) < 4.78 is 27.1. The van der Waals surface area contributed by atoms with E-state index in [2.05, 4.69) is 9.72 Å². The Morgan fingerprint density at radius 1 is 1.29 bits per heavy atom. The molecule has 0 saturated carbocycles. The van der Waals surface area contributed by atoms with Crippen molar-refractivity contribution >= 4 is 19.0 Å². The van der Waals surface area contributed by atoms with Crippen LogP contribution in [-0.2, 0) is 18.3 Å². The van der Waals surface area contributed by atoms with Gasteiger partial charge in [0.2, 0.25) is 0 Å². The van der Waals surface area contributed by atoms with E-state index in [1.54, 1.807) is 13.8 Å². The van der Waals surface area contributed by atoms with Gasteiger partial charge in [-0.3, -0.25) is 4.57 Å². The van der Waals surface area contributed by atoms with Crippen LogP contribution in [0, 0.1) is 0 Å². The molecule has 0 aliphatic heterocycles. The molecule has 1 aromatic heterocycles. The lowest BCUT2D eigenvalue weighted by atomic mass is 10.4. The fraction of sp³-hybridized carbons (Fsp3) is 0.500. The van der Waals surface area contributed by atoms with Crippen LogP contribution in [-0.4, -0.2) is 31.3 Å². The van der Waals surface area contributed by atoms with Crippen molar-refractivity contribution in [3.8, 4) is 0 Å². The Hall–Kier alpha value is -1.10. The maximum atomic E-state index is 12.3. The molecule has 0 spiro atoms. The van der Waals surface area contributed by atoms with E-state index in [4.69, 9.17) is 9.05 Å². The molecule has 6 nitrogen and oxygen atoms in total. The van der Waals surface area contributed by atoms with Gasteiger partial charge in [-0.15, -0.1) is 0 Å². The lowest BCUT2D eigenvalue weighted by molar-refractivity contribution is 0.0595. The molecule has 0 aromatic carbocycles. The Balaban J connectivity index is 3.00. The van der Waals surface area contributed by atoms with Crippen LogP contribution in [0.5, 0.6) is 0 Å². The molecule has 1 aromatic rings. The number of carbonyl (C=O) groups is 1. The third-order valence-corrected chi connectivity index (χ3v) is 4.02. The normalized spacial score (nSPS) is 11.5. The van der Waals surface area contributed by atoms with Crippen molar-refractivity contribution < 1.29 is 23.1 Å². The number of nitrogens with one attached hydrogen (secondary N) is 1. The first-order valence-corrected chi connectivity index (χ1v) is 6.78.